The number of hydrogen-bond donors (Lipinski definition) is 1. The summed E-state index contributed by atoms with van der Waals surface area (Å²) in [6.45, 7) is 5.11. The zero-order valence-electron chi connectivity index (χ0n) is 11.1. The lowest BCUT2D eigenvalue weighted by Crippen LogP contribution is -2.37. The second-order valence-corrected chi connectivity index (χ2v) is 4.67. The molecule has 0 aliphatic carbocycles. The van der Waals surface area contributed by atoms with Gasteiger partial charge in [-0.15, -0.1) is 0 Å². The Morgan fingerprint density at radius 3 is 2.44 bits per heavy atom. The second kappa shape index (κ2) is 5.36. The van der Waals surface area contributed by atoms with Gasteiger partial charge in [-0.2, -0.15) is 5.10 Å². The Morgan fingerprint density at radius 1 is 1.17 bits per heavy atom. The lowest BCUT2D eigenvalue weighted by molar-refractivity contribution is 0.484. The van der Waals surface area contributed by atoms with Crippen molar-refractivity contribution in [1.82, 2.24) is 9.78 Å². The van der Waals surface area contributed by atoms with Gasteiger partial charge in [0.15, 0.2) is 0 Å². The first-order valence-corrected chi connectivity index (χ1v) is 6.58. The van der Waals surface area contributed by atoms with E-state index in [0.717, 1.165) is 30.5 Å². The second-order valence-electron chi connectivity index (χ2n) is 4.67. The zero-order chi connectivity index (χ0) is 13.0. The fourth-order valence-corrected chi connectivity index (χ4v) is 2.35. The fraction of sp³-hybridized carbons (Fsp3) is 0.400. The molecule has 0 aliphatic heterocycles. The Morgan fingerprint density at radius 2 is 1.89 bits per heavy atom. The highest BCUT2D eigenvalue weighted by atomic mass is 15.3. The summed E-state index contributed by atoms with van der Waals surface area (Å²) < 4.78 is 1.93. The smallest absolute Gasteiger partial charge is 0.0696 e. The molecule has 0 fully saturated rings. The quantitative estimate of drug-likeness (QED) is 0.877. The Hall–Kier alpha value is -1.61. The maximum atomic E-state index is 6.67. The molecule has 0 bridgehead atoms. The normalized spacial score (nSPS) is 14.4. The summed E-state index contributed by atoms with van der Waals surface area (Å²) in [7, 11) is 0. The monoisotopic (exact) mass is 243 g/mol. The molecular formula is C15H21N3. The van der Waals surface area contributed by atoms with E-state index in [1.165, 1.54) is 0 Å². The Bertz CT molecular complexity index is 489. The van der Waals surface area contributed by atoms with Crippen molar-refractivity contribution in [1.29, 1.82) is 0 Å². The average molecular weight is 243 g/mol. The average Bonchev–Trinajstić information content (AvgIpc) is 2.89. The maximum absolute atomic E-state index is 6.67. The van der Waals surface area contributed by atoms with Gasteiger partial charge in [-0.1, -0.05) is 43.7 Å². The number of nitrogens with two attached hydrogens (primary N) is 1. The summed E-state index contributed by atoms with van der Waals surface area (Å²) in [5, 5.41) is 4.35. The van der Waals surface area contributed by atoms with Crippen molar-refractivity contribution in [3.05, 3.63) is 53.9 Å². The van der Waals surface area contributed by atoms with Crippen molar-refractivity contribution in [2.75, 3.05) is 0 Å². The molecule has 1 aromatic carbocycles. The Balaban J connectivity index is 2.43. The molecule has 1 heterocycles. The van der Waals surface area contributed by atoms with Crippen LogP contribution in [-0.2, 0) is 12.1 Å². The van der Waals surface area contributed by atoms with Crippen LogP contribution < -0.4 is 5.73 Å². The van der Waals surface area contributed by atoms with Crippen molar-refractivity contribution < 1.29 is 0 Å². The SMILES string of the molecule is CCCC(N)(c1ccccc1)c1cnn(CC)c1. The first-order valence-electron chi connectivity index (χ1n) is 6.58. The minimum atomic E-state index is -0.427. The van der Waals surface area contributed by atoms with Gasteiger partial charge in [-0.3, -0.25) is 4.68 Å². The molecule has 96 valence electrons. The van der Waals surface area contributed by atoms with E-state index >= 15 is 0 Å². The van der Waals surface area contributed by atoms with Crippen LogP contribution in [-0.4, -0.2) is 9.78 Å². The highest BCUT2D eigenvalue weighted by Gasteiger charge is 2.29. The fourth-order valence-electron chi connectivity index (χ4n) is 2.35. The highest BCUT2D eigenvalue weighted by molar-refractivity contribution is 5.35. The van der Waals surface area contributed by atoms with Gasteiger partial charge in [-0.25, -0.2) is 0 Å². The lowest BCUT2D eigenvalue weighted by Gasteiger charge is -2.28. The van der Waals surface area contributed by atoms with Crippen LogP contribution in [0.2, 0.25) is 0 Å². The third kappa shape index (κ3) is 2.31. The predicted molar refractivity (Wildman–Crippen MR) is 74.2 cm³/mol. The summed E-state index contributed by atoms with van der Waals surface area (Å²) in [5.41, 5.74) is 8.49. The lowest BCUT2D eigenvalue weighted by atomic mass is 9.82. The van der Waals surface area contributed by atoms with E-state index in [0.29, 0.717) is 0 Å². The summed E-state index contributed by atoms with van der Waals surface area (Å²) >= 11 is 0. The first kappa shape index (κ1) is 12.8. The van der Waals surface area contributed by atoms with Crippen LogP contribution in [0.5, 0.6) is 0 Å². The van der Waals surface area contributed by atoms with E-state index < -0.39 is 5.54 Å². The number of aromatic nitrogens is 2. The van der Waals surface area contributed by atoms with E-state index in [-0.39, 0.29) is 0 Å². The van der Waals surface area contributed by atoms with Crippen LogP contribution in [0.3, 0.4) is 0 Å². The molecule has 3 nitrogen and oxygen atoms in total. The number of rotatable bonds is 5. The maximum Gasteiger partial charge on any atom is 0.0696 e. The minimum Gasteiger partial charge on any atom is -0.318 e. The molecule has 0 saturated carbocycles. The van der Waals surface area contributed by atoms with Gasteiger partial charge in [-0.05, 0) is 18.9 Å². The van der Waals surface area contributed by atoms with Gasteiger partial charge in [0, 0.05) is 18.3 Å². The molecule has 0 radical (unpaired) electrons. The van der Waals surface area contributed by atoms with Crippen molar-refractivity contribution in [2.45, 2.75) is 38.8 Å². The van der Waals surface area contributed by atoms with E-state index in [1.54, 1.807) is 0 Å². The molecule has 0 aliphatic rings. The molecule has 1 unspecified atom stereocenters. The van der Waals surface area contributed by atoms with E-state index in [1.807, 2.05) is 29.1 Å². The summed E-state index contributed by atoms with van der Waals surface area (Å²) in [5.74, 6) is 0. The van der Waals surface area contributed by atoms with Gasteiger partial charge in [0.1, 0.15) is 0 Å². The van der Waals surface area contributed by atoms with Gasteiger partial charge in [0.2, 0.25) is 0 Å². The predicted octanol–water partition coefficient (Wildman–Crippen LogP) is 2.91. The van der Waals surface area contributed by atoms with Gasteiger partial charge >= 0.3 is 0 Å². The molecule has 1 aromatic heterocycles. The number of hydrogen-bond acceptors (Lipinski definition) is 2. The third-order valence-corrected chi connectivity index (χ3v) is 3.41. The molecule has 18 heavy (non-hydrogen) atoms. The molecule has 2 aromatic rings. The molecule has 0 saturated heterocycles. The van der Waals surface area contributed by atoms with E-state index in [2.05, 4.69) is 37.3 Å². The van der Waals surface area contributed by atoms with Crippen LogP contribution in [0.25, 0.3) is 0 Å². The summed E-state index contributed by atoms with van der Waals surface area (Å²) in [6.07, 6.45) is 5.92. The highest BCUT2D eigenvalue weighted by Crippen LogP contribution is 2.31. The molecule has 1 atom stereocenters. The summed E-state index contributed by atoms with van der Waals surface area (Å²) in [6, 6.07) is 10.3. The van der Waals surface area contributed by atoms with Gasteiger partial charge in [0.25, 0.3) is 0 Å². The number of nitrogens with zero attached hydrogens (tertiary/aromatic N) is 2. The van der Waals surface area contributed by atoms with Crippen molar-refractivity contribution in [2.24, 2.45) is 5.73 Å². The van der Waals surface area contributed by atoms with Crippen LogP contribution in [0.4, 0.5) is 0 Å². The molecule has 0 spiro atoms. The van der Waals surface area contributed by atoms with Gasteiger partial charge < -0.3 is 5.73 Å². The molecule has 2 N–H and O–H groups in total. The van der Waals surface area contributed by atoms with E-state index in [9.17, 15) is 0 Å². The third-order valence-electron chi connectivity index (χ3n) is 3.41. The van der Waals surface area contributed by atoms with Crippen LogP contribution in [0.15, 0.2) is 42.7 Å². The zero-order valence-corrected chi connectivity index (χ0v) is 11.1. The largest absolute Gasteiger partial charge is 0.318 e. The van der Waals surface area contributed by atoms with Crippen LogP contribution in [0, 0.1) is 0 Å². The summed E-state index contributed by atoms with van der Waals surface area (Å²) in [4.78, 5) is 0. The molecular weight excluding hydrogens is 222 g/mol. The molecule has 0 amide bonds. The minimum absolute atomic E-state index is 0.427. The van der Waals surface area contributed by atoms with E-state index in [4.69, 9.17) is 5.73 Å². The van der Waals surface area contributed by atoms with Gasteiger partial charge in [0.05, 0.1) is 11.7 Å². The molecule has 3 heteroatoms. The number of benzene rings is 1. The Kier molecular flexibility index (Phi) is 3.82. The van der Waals surface area contributed by atoms with Crippen molar-refractivity contribution in [3.8, 4) is 0 Å². The van der Waals surface area contributed by atoms with Crippen molar-refractivity contribution >= 4 is 0 Å². The van der Waals surface area contributed by atoms with Crippen LogP contribution in [0.1, 0.15) is 37.8 Å². The number of aryl methyl sites for hydroxylation is 1. The topological polar surface area (TPSA) is 43.8 Å². The standard InChI is InChI=1S/C15H21N3/c1-3-10-15(16,13-8-6-5-7-9-13)14-11-17-18(4-2)12-14/h5-9,11-12H,3-4,10,16H2,1-2H3. The van der Waals surface area contributed by atoms with Crippen LogP contribution >= 0.6 is 0 Å². The first-order chi connectivity index (χ1) is 8.70. The molecule has 2 rings (SSSR count). The van der Waals surface area contributed by atoms with Crippen molar-refractivity contribution in [3.63, 3.8) is 0 Å². The Labute approximate surface area is 109 Å².